The number of hydrogen-bond acceptors (Lipinski definition) is 3. The standard InChI is InChI=1S/C8H6BrNO2S/c9-7-3-1-2-4-8(7)13(11,12)6-5-10/h1-4H,6H2. The molecule has 0 heterocycles. The van der Waals surface area contributed by atoms with Crippen molar-refractivity contribution in [2.24, 2.45) is 0 Å². The van der Waals surface area contributed by atoms with Crippen molar-refractivity contribution >= 4 is 25.8 Å². The molecule has 0 amide bonds. The van der Waals surface area contributed by atoms with Crippen LogP contribution >= 0.6 is 15.9 Å². The molecule has 1 rings (SSSR count). The van der Waals surface area contributed by atoms with Gasteiger partial charge in [0, 0.05) is 4.47 Å². The number of hydrogen-bond donors (Lipinski definition) is 0. The van der Waals surface area contributed by atoms with E-state index in [1.807, 2.05) is 0 Å². The van der Waals surface area contributed by atoms with Crippen LogP contribution in [0.4, 0.5) is 0 Å². The van der Waals surface area contributed by atoms with E-state index in [9.17, 15) is 8.42 Å². The molecule has 68 valence electrons. The smallest absolute Gasteiger partial charge is 0.192 e. The number of nitrogens with zero attached hydrogens (tertiary/aromatic N) is 1. The zero-order valence-corrected chi connectivity index (χ0v) is 8.97. The van der Waals surface area contributed by atoms with Crippen LogP contribution in [-0.2, 0) is 9.84 Å². The van der Waals surface area contributed by atoms with E-state index in [0.717, 1.165) is 0 Å². The number of rotatable bonds is 2. The van der Waals surface area contributed by atoms with Gasteiger partial charge in [0.05, 0.1) is 11.0 Å². The highest BCUT2D eigenvalue weighted by atomic mass is 79.9. The fourth-order valence-electron chi connectivity index (χ4n) is 0.860. The van der Waals surface area contributed by atoms with Gasteiger partial charge in [-0.05, 0) is 28.1 Å². The van der Waals surface area contributed by atoms with Gasteiger partial charge in [0.25, 0.3) is 0 Å². The maximum Gasteiger partial charge on any atom is 0.192 e. The van der Waals surface area contributed by atoms with Gasteiger partial charge in [-0.1, -0.05) is 12.1 Å². The maximum atomic E-state index is 11.4. The molecule has 0 spiro atoms. The van der Waals surface area contributed by atoms with E-state index in [1.165, 1.54) is 6.07 Å². The molecule has 0 atom stereocenters. The Bertz CT molecular complexity index is 447. The highest BCUT2D eigenvalue weighted by molar-refractivity contribution is 9.10. The molecule has 0 N–H and O–H groups in total. The maximum absolute atomic E-state index is 11.4. The molecule has 0 aliphatic heterocycles. The molecule has 0 aliphatic carbocycles. The van der Waals surface area contributed by atoms with E-state index in [2.05, 4.69) is 15.9 Å². The number of halogens is 1. The molecule has 3 nitrogen and oxygen atoms in total. The number of nitriles is 1. The first-order valence-electron chi connectivity index (χ1n) is 3.42. The summed E-state index contributed by atoms with van der Waals surface area (Å²) in [5, 5.41) is 8.31. The fourth-order valence-corrected chi connectivity index (χ4v) is 2.86. The molecule has 5 heteroatoms. The van der Waals surface area contributed by atoms with Gasteiger partial charge in [-0.15, -0.1) is 0 Å². The van der Waals surface area contributed by atoms with Crippen molar-refractivity contribution in [1.29, 1.82) is 5.26 Å². The van der Waals surface area contributed by atoms with Crippen LogP contribution in [0.15, 0.2) is 33.6 Å². The molecular weight excluding hydrogens is 254 g/mol. The highest BCUT2D eigenvalue weighted by Crippen LogP contribution is 2.21. The van der Waals surface area contributed by atoms with Crippen LogP contribution in [0.2, 0.25) is 0 Å². The summed E-state index contributed by atoms with van der Waals surface area (Å²) in [4.78, 5) is 0.163. The van der Waals surface area contributed by atoms with Gasteiger partial charge in [-0.3, -0.25) is 0 Å². The lowest BCUT2D eigenvalue weighted by Gasteiger charge is -2.01. The topological polar surface area (TPSA) is 57.9 Å². The molecule has 0 saturated heterocycles. The summed E-state index contributed by atoms with van der Waals surface area (Å²) in [6, 6.07) is 8.06. The molecule has 13 heavy (non-hydrogen) atoms. The molecule has 0 bridgehead atoms. The van der Waals surface area contributed by atoms with E-state index < -0.39 is 15.6 Å². The van der Waals surface area contributed by atoms with Crippen molar-refractivity contribution in [2.45, 2.75) is 4.90 Å². The van der Waals surface area contributed by atoms with Crippen LogP contribution in [0.3, 0.4) is 0 Å². The summed E-state index contributed by atoms with van der Waals surface area (Å²) in [6.45, 7) is 0. The van der Waals surface area contributed by atoms with Crippen LogP contribution in [0.5, 0.6) is 0 Å². The third-order valence-corrected chi connectivity index (χ3v) is 3.92. The Morgan fingerprint density at radius 3 is 2.54 bits per heavy atom. The van der Waals surface area contributed by atoms with E-state index in [0.29, 0.717) is 4.47 Å². The molecule has 1 aromatic rings. The average Bonchev–Trinajstić information content (AvgIpc) is 2.04. The summed E-state index contributed by atoms with van der Waals surface area (Å²) < 4.78 is 23.3. The fraction of sp³-hybridized carbons (Fsp3) is 0.125. The van der Waals surface area contributed by atoms with Crippen molar-refractivity contribution in [3.05, 3.63) is 28.7 Å². The molecule has 1 aromatic carbocycles. The van der Waals surface area contributed by atoms with Gasteiger partial charge in [-0.2, -0.15) is 5.26 Å². The molecule has 0 unspecified atom stereocenters. The lowest BCUT2D eigenvalue weighted by molar-refractivity contribution is 0.599. The monoisotopic (exact) mass is 259 g/mol. The zero-order valence-electron chi connectivity index (χ0n) is 6.57. The predicted octanol–water partition coefficient (Wildman–Crippen LogP) is 1.75. The van der Waals surface area contributed by atoms with Crippen LogP contribution in [0.1, 0.15) is 0 Å². The number of benzene rings is 1. The third-order valence-electron chi connectivity index (χ3n) is 1.43. The van der Waals surface area contributed by atoms with Gasteiger partial charge in [0.2, 0.25) is 0 Å². The van der Waals surface area contributed by atoms with Gasteiger partial charge in [0.1, 0.15) is 5.75 Å². The Hall–Kier alpha value is -0.860. The van der Waals surface area contributed by atoms with Crippen molar-refractivity contribution in [3.63, 3.8) is 0 Å². The van der Waals surface area contributed by atoms with E-state index in [1.54, 1.807) is 24.3 Å². The Morgan fingerprint density at radius 2 is 2.00 bits per heavy atom. The Morgan fingerprint density at radius 1 is 1.38 bits per heavy atom. The van der Waals surface area contributed by atoms with E-state index in [4.69, 9.17) is 5.26 Å². The first-order valence-corrected chi connectivity index (χ1v) is 5.86. The summed E-state index contributed by atoms with van der Waals surface area (Å²) >= 11 is 3.11. The van der Waals surface area contributed by atoms with E-state index >= 15 is 0 Å². The van der Waals surface area contributed by atoms with Crippen LogP contribution in [0.25, 0.3) is 0 Å². The first-order chi connectivity index (χ1) is 6.08. The van der Waals surface area contributed by atoms with Crippen molar-refractivity contribution in [3.8, 4) is 6.07 Å². The molecule has 0 radical (unpaired) electrons. The van der Waals surface area contributed by atoms with Crippen molar-refractivity contribution in [2.75, 3.05) is 5.75 Å². The Balaban J connectivity index is 3.25. The lowest BCUT2D eigenvalue weighted by Crippen LogP contribution is -2.05. The predicted molar refractivity (Wildman–Crippen MR) is 51.8 cm³/mol. The van der Waals surface area contributed by atoms with Gasteiger partial charge in [-0.25, -0.2) is 8.42 Å². The summed E-state index contributed by atoms with van der Waals surface area (Å²) in [5.74, 6) is -0.490. The highest BCUT2D eigenvalue weighted by Gasteiger charge is 2.16. The summed E-state index contributed by atoms with van der Waals surface area (Å²) in [6.07, 6.45) is 0. The molecule has 0 aliphatic rings. The van der Waals surface area contributed by atoms with Gasteiger partial charge < -0.3 is 0 Å². The quantitative estimate of drug-likeness (QED) is 0.813. The second kappa shape index (κ2) is 3.90. The minimum Gasteiger partial charge on any atom is -0.223 e. The number of sulfone groups is 1. The summed E-state index contributed by atoms with van der Waals surface area (Å²) in [5.41, 5.74) is 0. The zero-order chi connectivity index (χ0) is 9.90. The normalized spacial score (nSPS) is 10.8. The molecule has 0 aromatic heterocycles. The van der Waals surface area contributed by atoms with Crippen molar-refractivity contribution in [1.82, 2.24) is 0 Å². The molecule has 0 fully saturated rings. The van der Waals surface area contributed by atoms with Crippen molar-refractivity contribution < 1.29 is 8.42 Å². The van der Waals surface area contributed by atoms with Crippen LogP contribution < -0.4 is 0 Å². The lowest BCUT2D eigenvalue weighted by atomic mass is 10.4. The minimum absolute atomic E-state index is 0.163. The second-order valence-electron chi connectivity index (χ2n) is 2.35. The van der Waals surface area contributed by atoms with Gasteiger partial charge >= 0.3 is 0 Å². The third kappa shape index (κ3) is 2.29. The van der Waals surface area contributed by atoms with Crippen LogP contribution in [0, 0.1) is 11.3 Å². The van der Waals surface area contributed by atoms with Gasteiger partial charge in [0.15, 0.2) is 9.84 Å². The van der Waals surface area contributed by atoms with E-state index in [-0.39, 0.29) is 4.90 Å². The SMILES string of the molecule is N#CCS(=O)(=O)c1ccccc1Br. The average molecular weight is 260 g/mol. The summed E-state index contributed by atoms with van der Waals surface area (Å²) in [7, 11) is -3.45. The minimum atomic E-state index is -3.45. The molecule has 0 saturated carbocycles. The largest absolute Gasteiger partial charge is 0.223 e. The molecular formula is C8H6BrNO2S. The second-order valence-corrected chi connectivity index (χ2v) is 5.16. The first kappa shape index (κ1) is 10.2. The Kier molecular flexibility index (Phi) is 3.07. The van der Waals surface area contributed by atoms with Crippen LogP contribution in [-0.4, -0.2) is 14.2 Å². The Labute approximate surface area is 85.0 Å².